The first kappa shape index (κ1) is 15.7. The molecule has 0 spiro atoms. The number of nitrogens with one attached hydrogen (secondary N) is 1. The molecule has 0 atom stereocenters. The highest BCUT2D eigenvalue weighted by molar-refractivity contribution is 6.13. The molecule has 0 fully saturated rings. The number of esters is 1. The van der Waals surface area contributed by atoms with Gasteiger partial charge in [0.1, 0.15) is 17.1 Å². The molecule has 2 aromatic carbocycles. The van der Waals surface area contributed by atoms with Gasteiger partial charge >= 0.3 is 5.97 Å². The largest absolute Gasteiger partial charge is 0.460 e. The zero-order valence-corrected chi connectivity index (χ0v) is 12.8. The van der Waals surface area contributed by atoms with Gasteiger partial charge in [-0.25, -0.2) is 9.18 Å². The number of amides is 1. The summed E-state index contributed by atoms with van der Waals surface area (Å²) in [5.74, 6) is -2.15. The molecule has 0 aliphatic heterocycles. The highest BCUT2D eigenvalue weighted by Gasteiger charge is 2.24. The van der Waals surface area contributed by atoms with E-state index in [9.17, 15) is 14.0 Å². The number of para-hydroxylation sites is 1. The van der Waals surface area contributed by atoms with E-state index in [1.807, 2.05) is 0 Å². The third-order valence-corrected chi connectivity index (χ3v) is 3.41. The molecule has 0 saturated heterocycles. The van der Waals surface area contributed by atoms with Crippen molar-refractivity contribution in [3.63, 3.8) is 0 Å². The van der Waals surface area contributed by atoms with Gasteiger partial charge in [-0.1, -0.05) is 24.3 Å². The summed E-state index contributed by atoms with van der Waals surface area (Å²) in [6.45, 7) is 1.83. The van der Waals surface area contributed by atoms with Crippen LogP contribution >= 0.6 is 0 Å². The summed E-state index contributed by atoms with van der Waals surface area (Å²) >= 11 is 0. The average molecular weight is 327 g/mol. The fourth-order valence-electron chi connectivity index (χ4n) is 2.34. The Morgan fingerprint density at radius 3 is 2.58 bits per heavy atom. The van der Waals surface area contributed by atoms with Crippen LogP contribution < -0.4 is 5.32 Å². The van der Waals surface area contributed by atoms with Crippen molar-refractivity contribution in [3.8, 4) is 0 Å². The molecule has 6 heteroatoms. The average Bonchev–Trinajstić information content (AvgIpc) is 2.94. The monoisotopic (exact) mass is 327 g/mol. The molecule has 3 aromatic rings. The van der Waals surface area contributed by atoms with Crippen LogP contribution in [0, 0.1) is 5.82 Å². The van der Waals surface area contributed by atoms with Gasteiger partial charge in [-0.05, 0) is 31.2 Å². The normalized spacial score (nSPS) is 10.6. The highest BCUT2D eigenvalue weighted by Crippen LogP contribution is 2.32. The number of carbonyl (C=O) groups excluding carboxylic acids is 2. The Labute approximate surface area is 137 Å². The number of carbonyl (C=O) groups is 2. The van der Waals surface area contributed by atoms with E-state index < -0.39 is 17.7 Å². The van der Waals surface area contributed by atoms with Crippen molar-refractivity contribution < 1.29 is 23.1 Å². The summed E-state index contributed by atoms with van der Waals surface area (Å²) in [4.78, 5) is 24.4. The molecular weight excluding hydrogens is 313 g/mol. The first-order valence-corrected chi connectivity index (χ1v) is 7.36. The topological polar surface area (TPSA) is 68.5 Å². The lowest BCUT2D eigenvalue weighted by Gasteiger charge is -2.06. The fourth-order valence-corrected chi connectivity index (χ4v) is 2.34. The Balaban J connectivity index is 2.04. The van der Waals surface area contributed by atoms with Crippen molar-refractivity contribution in [2.24, 2.45) is 0 Å². The van der Waals surface area contributed by atoms with Gasteiger partial charge < -0.3 is 14.5 Å². The molecule has 0 aliphatic carbocycles. The standard InChI is InChI=1S/C18H14FNO4/c1-2-23-18(22)16-15(12-8-4-6-10-14(12)24-16)20-17(21)11-7-3-5-9-13(11)19/h3-10H,2H2,1H3,(H,20,21). The lowest BCUT2D eigenvalue weighted by Crippen LogP contribution is -2.16. The Morgan fingerprint density at radius 1 is 1.12 bits per heavy atom. The number of hydrogen-bond acceptors (Lipinski definition) is 4. The van der Waals surface area contributed by atoms with Crippen LogP contribution in [0.4, 0.5) is 10.1 Å². The van der Waals surface area contributed by atoms with Crippen molar-refractivity contribution in [1.29, 1.82) is 0 Å². The summed E-state index contributed by atoms with van der Waals surface area (Å²) in [7, 11) is 0. The number of ether oxygens (including phenoxy) is 1. The Morgan fingerprint density at radius 2 is 1.83 bits per heavy atom. The maximum Gasteiger partial charge on any atom is 0.376 e. The Bertz CT molecular complexity index is 916. The van der Waals surface area contributed by atoms with E-state index in [-0.39, 0.29) is 23.6 Å². The van der Waals surface area contributed by atoms with Crippen molar-refractivity contribution in [3.05, 3.63) is 65.7 Å². The van der Waals surface area contributed by atoms with Gasteiger partial charge in [-0.2, -0.15) is 0 Å². The van der Waals surface area contributed by atoms with Crippen molar-refractivity contribution in [2.75, 3.05) is 11.9 Å². The molecule has 0 unspecified atom stereocenters. The second-order valence-corrected chi connectivity index (χ2v) is 4.96. The second-order valence-electron chi connectivity index (χ2n) is 4.96. The van der Waals surface area contributed by atoms with E-state index in [1.54, 1.807) is 37.3 Å². The number of fused-ring (bicyclic) bond motifs is 1. The van der Waals surface area contributed by atoms with Gasteiger partial charge in [-0.3, -0.25) is 4.79 Å². The van der Waals surface area contributed by atoms with Gasteiger partial charge in [0.05, 0.1) is 12.2 Å². The van der Waals surface area contributed by atoms with Crippen LogP contribution in [-0.2, 0) is 4.74 Å². The maximum absolute atomic E-state index is 13.8. The third kappa shape index (κ3) is 2.86. The van der Waals surface area contributed by atoms with Crippen LogP contribution in [0.2, 0.25) is 0 Å². The zero-order valence-electron chi connectivity index (χ0n) is 12.8. The molecule has 0 saturated carbocycles. The number of rotatable bonds is 4. The van der Waals surface area contributed by atoms with Gasteiger partial charge in [0, 0.05) is 5.39 Å². The predicted molar refractivity (Wildman–Crippen MR) is 86.5 cm³/mol. The van der Waals surface area contributed by atoms with Gasteiger partial charge in [-0.15, -0.1) is 0 Å². The first-order valence-electron chi connectivity index (χ1n) is 7.36. The number of halogens is 1. The minimum Gasteiger partial charge on any atom is -0.460 e. The number of hydrogen-bond donors (Lipinski definition) is 1. The van der Waals surface area contributed by atoms with Gasteiger partial charge in [0.15, 0.2) is 0 Å². The molecule has 0 aliphatic rings. The number of benzene rings is 2. The summed E-state index contributed by atoms with van der Waals surface area (Å²) in [5, 5.41) is 3.09. The molecule has 122 valence electrons. The lowest BCUT2D eigenvalue weighted by molar-refractivity contribution is 0.0494. The number of anilines is 1. The summed E-state index contributed by atoms with van der Waals surface area (Å²) in [6, 6.07) is 12.4. The molecule has 0 bridgehead atoms. The molecule has 24 heavy (non-hydrogen) atoms. The zero-order chi connectivity index (χ0) is 17.1. The van der Waals surface area contributed by atoms with E-state index in [1.165, 1.54) is 18.2 Å². The summed E-state index contributed by atoms with van der Waals surface area (Å²) in [5.41, 5.74) is 0.458. The molecule has 1 N–H and O–H groups in total. The van der Waals surface area contributed by atoms with E-state index in [0.717, 1.165) is 0 Å². The van der Waals surface area contributed by atoms with Crippen LogP contribution in [-0.4, -0.2) is 18.5 Å². The maximum atomic E-state index is 13.8. The lowest BCUT2D eigenvalue weighted by atomic mass is 10.1. The summed E-state index contributed by atoms with van der Waals surface area (Å²) < 4.78 is 24.2. The molecule has 1 amide bonds. The second kappa shape index (κ2) is 6.54. The van der Waals surface area contributed by atoms with Crippen molar-refractivity contribution in [1.82, 2.24) is 0 Å². The molecule has 1 heterocycles. The van der Waals surface area contributed by atoms with Gasteiger partial charge in [0.25, 0.3) is 5.91 Å². The van der Waals surface area contributed by atoms with E-state index in [4.69, 9.17) is 9.15 Å². The molecule has 3 rings (SSSR count). The van der Waals surface area contributed by atoms with E-state index >= 15 is 0 Å². The van der Waals surface area contributed by atoms with Crippen LogP contribution in [0.5, 0.6) is 0 Å². The molecular formula is C18H14FNO4. The third-order valence-electron chi connectivity index (χ3n) is 3.41. The number of furan rings is 1. The quantitative estimate of drug-likeness (QED) is 0.735. The van der Waals surface area contributed by atoms with Gasteiger partial charge in [0.2, 0.25) is 5.76 Å². The van der Waals surface area contributed by atoms with E-state index in [2.05, 4.69) is 5.32 Å². The minimum atomic E-state index is -0.697. The van der Waals surface area contributed by atoms with Crippen LogP contribution in [0.15, 0.2) is 52.9 Å². The molecule has 1 aromatic heterocycles. The van der Waals surface area contributed by atoms with E-state index in [0.29, 0.717) is 11.0 Å². The SMILES string of the molecule is CCOC(=O)c1oc2ccccc2c1NC(=O)c1ccccc1F. The highest BCUT2D eigenvalue weighted by atomic mass is 19.1. The Hall–Kier alpha value is -3.15. The van der Waals surface area contributed by atoms with Crippen molar-refractivity contribution >= 4 is 28.5 Å². The van der Waals surface area contributed by atoms with Crippen LogP contribution in [0.3, 0.4) is 0 Å². The first-order chi connectivity index (χ1) is 11.6. The van der Waals surface area contributed by atoms with Crippen LogP contribution in [0.1, 0.15) is 27.8 Å². The molecule has 0 radical (unpaired) electrons. The smallest absolute Gasteiger partial charge is 0.376 e. The Kier molecular flexibility index (Phi) is 4.29. The predicted octanol–water partition coefficient (Wildman–Crippen LogP) is 4.00. The molecule has 5 nitrogen and oxygen atoms in total. The minimum absolute atomic E-state index is 0.122. The van der Waals surface area contributed by atoms with Crippen LogP contribution in [0.25, 0.3) is 11.0 Å². The summed E-state index contributed by atoms with van der Waals surface area (Å²) in [6.07, 6.45) is 0. The fraction of sp³-hybridized carbons (Fsp3) is 0.111. The van der Waals surface area contributed by atoms with Crippen molar-refractivity contribution in [2.45, 2.75) is 6.92 Å².